The average Bonchev–Trinajstić information content (AvgIpc) is 2.78. The second-order valence-corrected chi connectivity index (χ2v) is 4.37. The Labute approximate surface area is 112 Å². The molecule has 3 rings (SSSR count). The molecule has 0 saturated heterocycles. The van der Waals surface area contributed by atoms with Crippen LogP contribution in [-0.4, -0.2) is 29.8 Å². The van der Waals surface area contributed by atoms with Crippen LogP contribution >= 0.6 is 11.6 Å². The number of aryl methyl sites for hydroxylation is 1. The SMILES string of the molecule is Cn1ncc2c(=O)n(Cc3cccnc3Cl)nnc21. The fraction of sp³-hybridized carbons (Fsp3) is 0.182. The van der Waals surface area contributed by atoms with Gasteiger partial charge < -0.3 is 0 Å². The number of fused-ring (bicyclic) bond motifs is 1. The average molecular weight is 277 g/mol. The predicted molar refractivity (Wildman–Crippen MR) is 68.9 cm³/mol. The molecule has 0 amide bonds. The summed E-state index contributed by atoms with van der Waals surface area (Å²) in [5, 5.41) is 12.6. The van der Waals surface area contributed by atoms with Gasteiger partial charge in [-0.2, -0.15) is 5.10 Å². The minimum Gasteiger partial charge on any atom is -0.267 e. The number of nitrogens with zero attached hydrogens (tertiary/aromatic N) is 6. The standard InChI is InChI=1S/C11H9ClN6O/c1-17-10-8(5-14-17)11(19)18(16-15-10)6-7-3-2-4-13-9(7)12/h2-5H,6H2,1H3. The Hall–Kier alpha value is -2.28. The molecule has 0 unspecified atom stereocenters. The minimum atomic E-state index is -0.252. The van der Waals surface area contributed by atoms with Crippen LogP contribution in [0.15, 0.2) is 29.3 Å². The monoisotopic (exact) mass is 276 g/mol. The lowest BCUT2D eigenvalue weighted by Crippen LogP contribution is -2.25. The van der Waals surface area contributed by atoms with Crippen LogP contribution in [0.5, 0.6) is 0 Å². The van der Waals surface area contributed by atoms with Gasteiger partial charge in [0.25, 0.3) is 5.56 Å². The highest BCUT2D eigenvalue weighted by Gasteiger charge is 2.11. The van der Waals surface area contributed by atoms with E-state index in [9.17, 15) is 4.79 Å². The van der Waals surface area contributed by atoms with Crippen molar-refractivity contribution in [2.45, 2.75) is 6.54 Å². The highest BCUT2D eigenvalue weighted by molar-refractivity contribution is 6.30. The zero-order valence-electron chi connectivity index (χ0n) is 9.99. The van der Waals surface area contributed by atoms with Gasteiger partial charge in [0.15, 0.2) is 5.65 Å². The van der Waals surface area contributed by atoms with E-state index in [1.807, 2.05) is 0 Å². The van der Waals surface area contributed by atoms with E-state index < -0.39 is 0 Å². The Kier molecular flexibility index (Phi) is 2.75. The zero-order valence-corrected chi connectivity index (χ0v) is 10.7. The van der Waals surface area contributed by atoms with Crippen LogP contribution in [0.1, 0.15) is 5.56 Å². The maximum absolute atomic E-state index is 12.2. The first-order valence-corrected chi connectivity index (χ1v) is 5.89. The molecule has 0 atom stereocenters. The maximum Gasteiger partial charge on any atom is 0.281 e. The van der Waals surface area contributed by atoms with Crippen LogP contribution in [-0.2, 0) is 13.6 Å². The third-order valence-corrected chi connectivity index (χ3v) is 3.12. The molecule has 3 heterocycles. The van der Waals surface area contributed by atoms with E-state index in [2.05, 4.69) is 20.4 Å². The van der Waals surface area contributed by atoms with Gasteiger partial charge in [-0.1, -0.05) is 22.9 Å². The smallest absolute Gasteiger partial charge is 0.267 e. The Balaban J connectivity index is 2.09. The van der Waals surface area contributed by atoms with Gasteiger partial charge in [-0.05, 0) is 6.07 Å². The molecule has 8 heteroatoms. The van der Waals surface area contributed by atoms with Crippen LogP contribution < -0.4 is 5.56 Å². The van der Waals surface area contributed by atoms with Crippen LogP contribution in [0.25, 0.3) is 11.0 Å². The molecule has 3 aromatic heterocycles. The highest BCUT2D eigenvalue weighted by atomic mass is 35.5. The molecule has 0 aromatic carbocycles. The Morgan fingerprint density at radius 3 is 3.05 bits per heavy atom. The molecule has 19 heavy (non-hydrogen) atoms. The number of hydrogen-bond donors (Lipinski definition) is 0. The lowest BCUT2D eigenvalue weighted by atomic mass is 10.3. The summed E-state index contributed by atoms with van der Waals surface area (Å²) >= 11 is 5.96. The predicted octanol–water partition coefficient (Wildman–Crippen LogP) is 0.622. The summed E-state index contributed by atoms with van der Waals surface area (Å²) in [6.07, 6.45) is 3.07. The normalized spacial score (nSPS) is 11.1. The highest BCUT2D eigenvalue weighted by Crippen LogP contribution is 2.12. The van der Waals surface area contributed by atoms with Crippen LogP contribution in [0.3, 0.4) is 0 Å². The molecule has 0 N–H and O–H groups in total. The minimum absolute atomic E-state index is 0.226. The van der Waals surface area contributed by atoms with E-state index in [0.717, 1.165) is 0 Å². The third-order valence-electron chi connectivity index (χ3n) is 2.78. The van der Waals surface area contributed by atoms with Crippen LogP contribution in [0, 0.1) is 0 Å². The molecule has 0 aliphatic rings. The molecule has 0 radical (unpaired) electrons. The van der Waals surface area contributed by atoms with Gasteiger partial charge in [0.05, 0.1) is 12.7 Å². The molecule has 7 nitrogen and oxygen atoms in total. The first-order chi connectivity index (χ1) is 9.16. The van der Waals surface area contributed by atoms with Gasteiger partial charge in [0.2, 0.25) is 0 Å². The van der Waals surface area contributed by atoms with Crippen molar-refractivity contribution in [1.82, 2.24) is 29.8 Å². The van der Waals surface area contributed by atoms with E-state index in [-0.39, 0.29) is 12.1 Å². The molecule has 0 saturated carbocycles. The van der Waals surface area contributed by atoms with Crippen molar-refractivity contribution in [1.29, 1.82) is 0 Å². The number of aromatic nitrogens is 6. The van der Waals surface area contributed by atoms with Crippen molar-refractivity contribution >= 4 is 22.6 Å². The Morgan fingerprint density at radius 1 is 1.42 bits per heavy atom. The van der Waals surface area contributed by atoms with E-state index in [0.29, 0.717) is 21.7 Å². The lowest BCUT2D eigenvalue weighted by molar-refractivity contribution is 0.594. The number of halogens is 1. The molecular formula is C11H9ClN6O. The molecule has 0 bridgehead atoms. The van der Waals surface area contributed by atoms with Crippen molar-refractivity contribution < 1.29 is 0 Å². The van der Waals surface area contributed by atoms with Gasteiger partial charge >= 0.3 is 0 Å². The van der Waals surface area contributed by atoms with Crippen molar-refractivity contribution in [2.75, 3.05) is 0 Å². The summed E-state index contributed by atoms with van der Waals surface area (Å²) in [5.41, 5.74) is 0.917. The van der Waals surface area contributed by atoms with Gasteiger partial charge in [-0.25, -0.2) is 14.3 Å². The Morgan fingerprint density at radius 2 is 2.26 bits per heavy atom. The van der Waals surface area contributed by atoms with Gasteiger partial charge in [-0.15, -0.1) is 5.10 Å². The topological polar surface area (TPSA) is 78.5 Å². The quantitative estimate of drug-likeness (QED) is 0.641. The lowest BCUT2D eigenvalue weighted by Gasteiger charge is -2.04. The van der Waals surface area contributed by atoms with E-state index in [4.69, 9.17) is 11.6 Å². The molecule has 0 spiro atoms. The van der Waals surface area contributed by atoms with Gasteiger partial charge in [0, 0.05) is 18.8 Å². The summed E-state index contributed by atoms with van der Waals surface area (Å²) < 4.78 is 2.75. The number of pyridine rings is 1. The van der Waals surface area contributed by atoms with Crippen molar-refractivity contribution in [3.05, 3.63) is 45.6 Å². The molecular weight excluding hydrogens is 268 g/mol. The van der Waals surface area contributed by atoms with E-state index in [1.54, 1.807) is 25.4 Å². The van der Waals surface area contributed by atoms with Crippen LogP contribution in [0.4, 0.5) is 0 Å². The zero-order chi connectivity index (χ0) is 13.4. The largest absolute Gasteiger partial charge is 0.281 e. The number of hydrogen-bond acceptors (Lipinski definition) is 5. The molecule has 96 valence electrons. The molecule has 0 fully saturated rings. The first kappa shape index (κ1) is 11.8. The van der Waals surface area contributed by atoms with E-state index >= 15 is 0 Å². The summed E-state index contributed by atoms with van der Waals surface area (Å²) in [7, 11) is 1.71. The molecule has 0 aliphatic heterocycles. The van der Waals surface area contributed by atoms with Gasteiger partial charge in [-0.3, -0.25) is 4.79 Å². The van der Waals surface area contributed by atoms with Crippen molar-refractivity contribution in [2.24, 2.45) is 7.05 Å². The molecule has 0 aliphatic carbocycles. The third kappa shape index (κ3) is 1.97. The molecule has 3 aromatic rings. The van der Waals surface area contributed by atoms with Crippen LogP contribution in [0.2, 0.25) is 5.15 Å². The van der Waals surface area contributed by atoms with E-state index in [1.165, 1.54) is 15.6 Å². The van der Waals surface area contributed by atoms with Gasteiger partial charge in [0.1, 0.15) is 10.5 Å². The fourth-order valence-electron chi connectivity index (χ4n) is 1.78. The summed E-state index contributed by atoms with van der Waals surface area (Å²) in [6.45, 7) is 0.226. The second kappa shape index (κ2) is 4.43. The fourth-order valence-corrected chi connectivity index (χ4v) is 1.96. The summed E-state index contributed by atoms with van der Waals surface area (Å²) in [4.78, 5) is 16.2. The maximum atomic E-state index is 12.2. The summed E-state index contributed by atoms with van der Waals surface area (Å²) in [5.74, 6) is 0. The summed E-state index contributed by atoms with van der Waals surface area (Å²) in [6, 6.07) is 3.54. The Bertz CT molecular complexity index is 808. The van der Waals surface area contributed by atoms with Crippen molar-refractivity contribution in [3.63, 3.8) is 0 Å². The van der Waals surface area contributed by atoms with Crippen molar-refractivity contribution in [3.8, 4) is 0 Å². The number of rotatable bonds is 2. The first-order valence-electron chi connectivity index (χ1n) is 5.51. The second-order valence-electron chi connectivity index (χ2n) is 4.01.